The number of pyridine rings is 1. The number of rotatable bonds is 5. The Hall–Kier alpha value is -2.21. The molecular weight excluding hydrogens is 263 g/mol. The molecule has 0 bridgehead atoms. The van der Waals surface area contributed by atoms with Crippen LogP contribution in [0.1, 0.15) is 0 Å². The van der Waals surface area contributed by atoms with Gasteiger partial charge in [-0.05, 0) is 18.2 Å². The Balaban J connectivity index is 2.25. The molecule has 0 aliphatic rings. The van der Waals surface area contributed by atoms with Crippen LogP contribution in [0.15, 0.2) is 35.3 Å². The topological polar surface area (TPSA) is 60.3 Å². The molecular formula is C14H15FN2O3. The lowest BCUT2D eigenvalue weighted by atomic mass is 10.2. The van der Waals surface area contributed by atoms with Crippen molar-refractivity contribution in [2.75, 3.05) is 20.3 Å². The minimum Gasteiger partial charge on any atom is -0.383 e. The van der Waals surface area contributed by atoms with E-state index in [9.17, 15) is 14.0 Å². The number of benzene rings is 1. The van der Waals surface area contributed by atoms with E-state index >= 15 is 0 Å². The quantitative estimate of drug-likeness (QED) is 0.827. The van der Waals surface area contributed by atoms with Gasteiger partial charge in [0.2, 0.25) is 5.91 Å². The fraction of sp³-hybridized carbons (Fsp3) is 0.286. The van der Waals surface area contributed by atoms with Crippen LogP contribution in [-0.4, -0.2) is 30.7 Å². The van der Waals surface area contributed by atoms with E-state index in [4.69, 9.17) is 4.74 Å². The summed E-state index contributed by atoms with van der Waals surface area (Å²) in [7, 11) is 1.55. The van der Waals surface area contributed by atoms with E-state index in [0.29, 0.717) is 18.7 Å². The molecule has 0 saturated carbocycles. The number of methoxy groups -OCH3 is 1. The molecule has 1 aromatic heterocycles. The number of ether oxygens (including phenoxy) is 1. The molecule has 0 saturated heterocycles. The highest BCUT2D eigenvalue weighted by Gasteiger charge is 2.07. The summed E-state index contributed by atoms with van der Waals surface area (Å²) in [5, 5.41) is 2.95. The molecule has 0 unspecified atom stereocenters. The number of halogens is 1. The van der Waals surface area contributed by atoms with Gasteiger partial charge in [-0.1, -0.05) is 0 Å². The van der Waals surface area contributed by atoms with Gasteiger partial charge in [-0.3, -0.25) is 9.59 Å². The average molecular weight is 278 g/mol. The van der Waals surface area contributed by atoms with E-state index in [-0.39, 0.29) is 23.3 Å². The highest BCUT2D eigenvalue weighted by Crippen LogP contribution is 2.11. The molecule has 0 atom stereocenters. The van der Waals surface area contributed by atoms with Gasteiger partial charge < -0.3 is 14.6 Å². The molecule has 5 nitrogen and oxygen atoms in total. The zero-order chi connectivity index (χ0) is 14.5. The Morgan fingerprint density at radius 1 is 1.40 bits per heavy atom. The lowest BCUT2D eigenvalue weighted by Crippen LogP contribution is -2.30. The van der Waals surface area contributed by atoms with Gasteiger partial charge in [0.25, 0.3) is 0 Å². The molecule has 0 radical (unpaired) electrons. The lowest BCUT2D eigenvalue weighted by molar-refractivity contribution is -0.121. The molecule has 0 spiro atoms. The van der Waals surface area contributed by atoms with E-state index in [1.165, 1.54) is 30.5 Å². The second-order valence-electron chi connectivity index (χ2n) is 4.31. The average Bonchev–Trinajstić information content (AvgIpc) is 2.42. The maximum Gasteiger partial charge on any atom is 0.240 e. The van der Waals surface area contributed by atoms with E-state index in [1.54, 1.807) is 11.7 Å². The third kappa shape index (κ3) is 3.21. The normalized spacial score (nSPS) is 10.7. The summed E-state index contributed by atoms with van der Waals surface area (Å²) in [5.74, 6) is -0.673. The van der Waals surface area contributed by atoms with Gasteiger partial charge in [-0.2, -0.15) is 0 Å². The molecule has 0 aliphatic carbocycles. The van der Waals surface area contributed by atoms with Crippen LogP contribution in [0.4, 0.5) is 4.39 Å². The van der Waals surface area contributed by atoms with Crippen molar-refractivity contribution in [2.45, 2.75) is 6.54 Å². The van der Waals surface area contributed by atoms with Crippen molar-refractivity contribution in [1.82, 2.24) is 9.88 Å². The van der Waals surface area contributed by atoms with Crippen LogP contribution >= 0.6 is 0 Å². The Bertz CT molecular complexity index is 682. The van der Waals surface area contributed by atoms with Gasteiger partial charge in [0.15, 0.2) is 5.43 Å². The van der Waals surface area contributed by atoms with Crippen LogP contribution in [0.2, 0.25) is 0 Å². The summed E-state index contributed by atoms with van der Waals surface area (Å²) in [6, 6.07) is 5.26. The summed E-state index contributed by atoms with van der Waals surface area (Å²) in [6.07, 6.45) is 1.53. The van der Waals surface area contributed by atoms with E-state index < -0.39 is 5.82 Å². The van der Waals surface area contributed by atoms with Crippen LogP contribution in [0.25, 0.3) is 10.9 Å². The number of nitrogens with zero attached hydrogens (tertiary/aromatic N) is 1. The van der Waals surface area contributed by atoms with Crippen molar-refractivity contribution >= 4 is 16.8 Å². The molecule has 1 aromatic carbocycles. The first-order chi connectivity index (χ1) is 9.61. The number of aromatic nitrogens is 1. The Morgan fingerprint density at radius 3 is 2.95 bits per heavy atom. The first-order valence-corrected chi connectivity index (χ1v) is 6.16. The maximum absolute atomic E-state index is 13.2. The minimum absolute atomic E-state index is 0.0616. The second-order valence-corrected chi connectivity index (χ2v) is 4.31. The van der Waals surface area contributed by atoms with Crippen LogP contribution in [-0.2, 0) is 16.1 Å². The fourth-order valence-corrected chi connectivity index (χ4v) is 1.92. The van der Waals surface area contributed by atoms with Crippen molar-refractivity contribution < 1.29 is 13.9 Å². The third-order valence-corrected chi connectivity index (χ3v) is 2.88. The number of carbonyl (C=O) groups is 1. The minimum atomic E-state index is -0.475. The van der Waals surface area contributed by atoms with Gasteiger partial charge in [-0.25, -0.2) is 4.39 Å². The van der Waals surface area contributed by atoms with Crippen LogP contribution < -0.4 is 10.7 Å². The third-order valence-electron chi connectivity index (χ3n) is 2.88. The summed E-state index contributed by atoms with van der Waals surface area (Å²) in [6.45, 7) is 0.913. The maximum atomic E-state index is 13.2. The van der Waals surface area contributed by atoms with Gasteiger partial charge in [0.05, 0.1) is 12.1 Å². The van der Waals surface area contributed by atoms with Crippen molar-refractivity contribution in [2.24, 2.45) is 0 Å². The molecule has 2 rings (SSSR count). The Morgan fingerprint density at radius 2 is 2.20 bits per heavy atom. The molecule has 2 aromatic rings. The first-order valence-electron chi connectivity index (χ1n) is 6.16. The molecule has 6 heteroatoms. The standard InChI is InChI=1S/C14H15FN2O3/c1-20-7-5-16-14(19)9-17-6-4-13(18)11-8-10(15)2-3-12(11)17/h2-4,6,8H,5,7,9H2,1H3,(H,16,19). The summed E-state index contributed by atoms with van der Waals surface area (Å²) < 4.78 is 19.6. The molecule has 1 amide bonds. The van der Waals surface area contributed by atoms with E-state index in [0.717, 1.165) is 0 Å². The zero-order valence-corrected chi connectivity index (χ0v) is 11.1. The number of hydrogen-bond donors (Lipinski definition) is 1. The zero-order valence-electron chi connectivity index (χ0n) is 11.1. The number of amides is 1. The predicted molar refractivity (Wildman–Crippen MR) is 73.1 cm³/mol. The number of carbonyl (C=O) groups excluding carboxylic acids is 1. The van der Waals surface area contributed by atoms with Crippen molar-refractivity contribution in [3.05, 3.63) is 46.5 Å². The Labute approximate surface area is 115 Å². The molecule has 1 N–H and O–H groups in total. The highest BCUT2D eigenvalue weighted by atomic mass is 19.1. The molecule has 20 heavy (non-hydrogen) atoms. The largest absolute Gasteiger partial charge is 0.383 e. The van der Waals surface area contributed by atoms with Crippen LogP contribution in [0.3, 0.4) is 0 Å². The SMILES string of the molecule is COCCNC(=O)Cn1ccc(=O)c2cc(F)ccc21. The van der Waals surface area contributed by atoms with Crippen LogP contribution in [0, 0.1) is 5.82 Å². The summed E-state index contributed by atoms with van der Waals surface area (Å²) in [4.78, 5) is 23.4. The number of fused-ring (bicyclic) bond motifs is 1. The second kappa shape index (κ2) is 6.29. The van der Waals surface area contributed by atoms with Gasteiger partial charge in [-0.15, -0.1) is 0 Å². The lowest BCUT2D eigenvalue weighted by Gasteiger charge is -2.11. The van der Waals surface area contributed by atoms with E-state index in [2.05, 4.69) is 5.32 Å². The molecule has 1 heterocycles. The molecule has 106 valence electrons. The first kappa shape index (κ1) is 14.2. The van der Waals surface area contributed by atoms with Gasteiger partial charge >= 0.3 is 0 Å². The molecule has 0 aliphatic heterocycles. The highest BCUT2D eigenvalue weighted by molar-refractivity contribution is 5.82. The van der Waals surface area contributed by atoms with Crippen molar-refractivity contribution in [1.29, 1.82) is 0 Å². The van der Waals surface area contributed by atoms with Crippen molar-refractivity contribution in [3.63, 3.8) is 0 Å². The summed E-state index contributed by atoms with van der Waals surface area (Å²) >= 11 is 0. The van der Waals surface area contributed by atoms with Gasteiger partial charge in [0, 0.05) is 31.3 Å². The van der Waals surface area contributed by atoms with Gasteiger partial charge in [0.1, 0.15) is 12.4 Å². The number of nitrogens with one attached hydrogen (secondary N) is 1. The predicted octanol–water partition coefficient (Wildman–Crippen LogP) is 0.903. The molecule has 0 fully saturated rings. The smallest absolute Gasteiger partial charge is 0.240 e. The van der Waals surface area contributed by atoms with E-state index in [1.807, 2.05) is 0 Å². The fourth-order valence-electron chi connectivity index (χ4n) is 1.92. The monoisotopic (exact) mass is 278 g/mol. The Kier molecular flexibility index (Phi) is 4.47. The number of hydrogen-bond acceptors (Lipinski definition) is 3. The summed E-state index contributed by atoms with van der Waals surface area (Å²) in [5.41, 5.74) is 0.260. The van der Waals surface area contributed by atoms with Crippen LogP contribution in [0.5, 0.6) is 0 Å². The van der Waals surface area contributed by atoms with Crippen molar-refractivity contribution in [3.8, 4) is 0 Å².